The van der Waals surface area contributed by atoms with E-state index < -0.39 is 0 Å². The number of carbonyl (C=O) groups is 2. The molecular weight excluding hydrogens is 346 g/mol. The number of para-hydroxylation sites is 1. The molecule has 3 rings (SSSR count). The predicted octanol–water partition coefficient (Wildman–Crippen LogP) is 2.48. The van der Waals surface area contributed by atoms with E-state index in [1.807, 2.05) is 30.5 Å². The largest absolute Gasteiger partial charge is 0.497 e. The molecule has 0 aliphatic heterocycles. The highest BCUT2D eigenvalue weighted by Gasteiger charge is 2.12. The lowest BCUT2D eigenvalue weighted by molar-refractivity contribution is -0.123. The average molecular weight is 367 g/mol. The Kier molecular flexibility index (Phi) is 5.61. The third-order valence-electron chi connectivity index (χ3n) is 4.15. The van der Waals surface area contributed by atoms with Gasteiger partial charge in [-0.05, 0) is 23.8 Å². The second-order valence-electron chi connectivity index (χ2n) is 5.93. The van der Waals surface area contributed by atoms with E-state index >= 15 is 0 Å². The second kappa shape index (κ2) is 8.27. The number of benzene rings is 2. The van der Waals surface area contributed by atoms with Gasteiger partial charge in [0.15, 0.2) is 0 Å². The van der Waals surface area contributed by atoms with Gasteiger partial charge in [-0.1, -0.05) is 18.2 Å². The number of rotatable bonds is 7. The molecule has 0 aliphatic carbocycles. The van der Waals surface area contributed by atoms with Gasteiger partial charge in [0.1, 0.15) is 11.5 Å². The quantitative estimate of drug-likeness (QED) is 0.598. The normalized spacial score (nSPS) is 10.4. The second-order valence-corrected chi connectivity index (χ2v) is 5.93. The van der Waals surface area contributed by atoms with Crippen molar-refractivity contribution in [1.82, 2.24) is 10.3 Å². The number of hydrogen-bond donors (Lipinski definition) is 3. The number of aromatic nitrogens is 1. The molecule has 7 nitrogen and oxygen atoms in total. The van der Waals surface area contributed by atoms with Crippen LogP contribution < -0.4 is 20.1 Å². The van der Waals surface area contributed by atoms with Crippen LogP contribution in [-0.4, -0.2) is 37.6 Å². The van der Waals surface area contributed by atoms with Crippen molar-refractivity contribution < 1.29 is 19.1 Å². The van der Waals surface area contributed by atoms with Crippen LogP contribution in [0.3, 0.4) is 0 Å². The van der Waals surface area contributed by atoms with Gasteiger partial charge >= 0.3 is 0 Å². The maximum absolute atomic E-state index is 12.2. The van der Waals surface area contributed by atoms with Crippen LogP contribution in [0.1, 0.15) is 5.56 Å². The van der Waals surface area contributed by atoms with E-state index in [-0.39, 0.29) is 24.8 Å². The van der Waals surface area contributed by atoms with Crippen LogP contribution in [0.2, 0.25) is 0 Å². The van der Waals surface area contributed by atoms with Crippen molar-refractivity contribution in [2.45, 2.75) is 6.42 Å². The number of amides is 2. The lowest BCUT2D eigenvalue weighted by Crippen LogP contribution is -2.33. The van der Waals surface area contributed by atoms with Crippen LogP contribution in [0, 0.1) is 0 Å². The lowest BCUT2D eigenvalue weighted by Gasteiger charge is -2.12. The Labute approximate surface area is 156 Å². The molecule has 3 aromatic rings. The number of anilines is 1. The van der Waals surface area contributed by atoms with E-state index in [0.717, 1.165) is 16.5 Å². The maximum Gasteiger partial charge on any atom is 0.243 e. The Morgan fingerprint density at radius 3 is 2.63 bits per heavy atom. The van der Waals surface area contributed by atoms with Crippen LogP contribution >= 0.6 is 0 Å². The number of ether oxygens (including phenoxy) is 2. The van der Waals surface area contributed by atoms with Gasteiger partial charge in [0.2, 0.25) is 11.8 Å². The molecule has 0 atom stereocenters. The first kappa shape index (κ1) is 18.3. The molecule has 1 aromatic heterocycles. The molecule has 27 heavy (non-hydrogen) atoms. The first-order valence-corrected chi connectivity index (χ1v) is 8.44. The summed E-state index contributed by atoms with van der Waals surface area (Å²) in [5.41, 5.74) is 2.34. The van der Waals surface area contributed by atoms with Gasteiger partial charge < -0.3 is 25.1 Å². The molecule has 0 saturated heterocycles. The minimum absolute atomic E-state index is 0.137. The summed E-state index contributed by atoms with van der Waals surface area (Å²) in [4.78, 5) is 27.5. The zero-order valence-electron chi connectivity index (χ0n) is 15.2. The number of hydrogen-bond acceptors (Lipinski definition) is 4. The van der Waals surface area contributed by atoms with Crippen LogP contribution in [0.15, 0.2) is 48.7 Å². The summed E-state index contributed by atoms with van der Waals surface area (Å²) in [6, 6.07) is 12.8. The molecule has 2 amide bonds. The third-order valence-corrected chi connectivity index (χ3v) is 4.15. The third kappa shape index (κ3) is 4.38. The highest BCUT2D eigenvalue weighted by Crippen LogP contribution is 2.28. The van der Waals surface area contributed by atoms with E-state index in [9.17, 15) is 9.59 Å². The number of fused-ring (bicyclic) bond motifs is 1. The molecule has 2 aromatic carbocycles. The van der Waals surface area contributed by atoms with E-state index in [1.165, 1.54) is 7.11 Å². The number of H-pyrrole nitrogens is 1. The summed E-state index contributed by atoms with van der Waals surface area (Å²) in [5.74, 6) is 0.519. The van der Waals surface area contributed by atoms with Crippen molar-refractivity contribution in [3.05, 3.63) is 54.2 Å². The van der Waals surface area contributed by atoms with E-state index in [2.05, 4.69) is 15.6 Å². The first-order valence-electron chi connectivity index (χ1n) is 8.44. The van der Waals surface area contributed by atoms with Crippen molar-refractivity contribution in [2.75, 3.05) is 26.1 Å². The predicted molar refractivity (Wildman–Crippen MR) is 103 cm³/mol. The Bertz CT molecular complexity index is 965. The number of methoxy groups -OCH3 is 2. The van der Waals surface area contributed by atoms with Gasteiger partial charge in [-0.15, -0.1) is 0 Å². The summed E-state index contributed by atoms with van der Waals surface area (Å²) in [5, 5.41) is 6.35. The smallest absolute Gasteiger partial charge is 0.243 e. The Hall–Kier alpha value is -3.48. The van der Waals surface area contributed by atoms with Crippen molar-refractivity contribution in [2.24, 2.45) is 0 Å². The molecule has 0 saturated carbocycles. The van der Waals surface area contributed by atoms with E-state index in [1.54, 1.807) is 25.3 Å². The summed E-state index contributed by atoms with van der Waals surface area (Å²) < 4.78 is 10.4. The minimum Gasteiger partial charge on any atom is -0.497 e. The maximum atomic E-state index is 12.2. The van der Waals surface area contributed by atoms with Gasteiger partial charge in [-0.2, -0.15) is 0 Å². The standard InChI is InChI=1S/C20H21N3O4/c1-26-14-7-8-18(27-2)17(10-14)23-20(25)12-22-19(24)9-13-11-21-16-6-4-3-5-15(13)16/h3-8,10-11,21H,9,12H2,1-2H3,(H,22,24)(H,23,25). The topological polar surface area (TPSA) is 92.4 Å². The monoisotopic (exact) mass is 367 g/mol. The van der Waals surface area contributed by atoms with E-state index in [4.69, 9.17) is 9.47 Å². The molecular formula is C20H21N3O4. The Balaban J connectivity index is 1.57. The fourth-order valence-corrected chi connectivity index (χ4v) is 2.80. The van der Waals surface area contributed by atoms with E-state index in [0.29, 0.717) is 17.2 Å². The lowest BCUT2D eigenvalue weighted by atomic mass is 10.1. The summed E-state index contributed by atoms with van der Waals surface area (Å²) in [6.07, 6.45) is 2.01. The molecule has 0 bridgehead atoms. The highest BCUT2D eigenvalue weighted by atomic mass is 16.5. The average Bonchev–Trinajstić information content (AvgIpc) is 3.09. The molecule has 0 aliphatic rings. The van der Waals surface area contributed by atoms with Gasteiger partial charge in [0, 0.05) is 23.2 Å². The fraction of sp³-hybridized carbons (Fsp3) is 0.200. The summed E-state index contributed by atoms with van der Waals surface area (Å²) in [7, 11) is 3.05. The van der Waals surface area contributed by atoms with Crippen LogP contribution in [0.5, 0.6) is 11.5 Å². The fourth-order valence-electron chi connectivity index (χ4n) is 2.80. The number of aromatic amines is 1. The molecule has 0 fully saturated rings. The Morgan fingerprint density at radius 2 is 1.85 bits per heavy atom. The van der Waals surface area contributed by atoms with Gasteiger partial charge in [0.05, 0.1) is 32.9 Å². The molecule has 7 heteroatoms. The van der Waals surface area contributed by atoms with Crippen molar-refractivity contribution in [3.8, 4) is 11.5 Å². The minimum atomic E-state index is -0.353. The van der Waals surface area contributed by atoms with Gasteiger partial charge in [-0.25, -0.2) is 0 Å². The molecule has 1 heterocycles. The number of nitrogens with one attached hydrogen (secondary N) is 3. The molecule has 0 radical (unpaired) electrons. The zero-order valence-corrected chi connectivity index (χ0v) is 15.2. The Morgan fingerprint density at radius 1 is 1.04 bits per heavy atom. The van der Waals surface area contributed by atoms with Crippen molar-refractivity contribution in [1.29, 1.82) is 0 Å². The van der Waals surface area contributed by atoms with Gasteiger partial charge in [-0.3, -0.25) is 9.59 Å². The van der Waals surface area contributed by atoms with Gasteiger partial charge in [0.25, 0.3) is 0 Å². The first-order chi connectivity index (χ1) is 13.1. The molecule has 0 unspecified atom stereocenters. The van der Waals surface area contributed by atoms with Crippen molar-refractivity contribution in [3.63, 3.8) is 0 Å². The molecule has 0 spiro atoms. The zero-order chi connectivity index (χ0) is 19.2. The number of carbonyl (C=O) groups excluding carboxylic acids is 2. The van der Waals surface area contributed by atoms with Crippen LogP contribution in [-0.2, 0) is 16.0 Å². The highest BCUT2D eigenvalue weighted by molar-refractivity contribution is 5.96. The summed E-state index contributed by atoms with van der Waals surface area (Å²) in [6.45, 7) is -0.137. The van der Waals surface area contributed by atoms with Crippen molar-refractivity contribution >= 4 is 28.4 Å². The molecule has 3 N–H and O–H groups in total. The summed E-state index contributed by atoms with van der Waals surface area (Å²) >= 11 is 0. The van der Waals surface area contributed by atoms with Crippen LogP contribution in [0.4, 0.5) is 5.69 Å². The van der Waals surface area contributed by atoms with Crippen LogP contribution in [0.25, 0.3) is 10.9 Å². The SMILES string of the molecule is COc1ccc(OC)c(NC(=O)CNC(=O)Cc2c[nH]c3ccccc23)c1. The molecule has 140 valence electrons.